The summed E-state index contributed by atoms with van der Waals surface area (Å²) in [6.07, 6.45) is 3.92. The van der Waals surface area contributed by atoms with Gasteiger partial charge in [-0.25, -0.2) is 4.98 Å². The Hall–Kier alpha value is -3.61. The molecule has 0 aliphatic carbocycles. The quantitative estimate of drug-likeness (QED) is 0.590. The molecule has 2 heterocycles. The summed E-state index contributed by atoms with van der Waals surface area (Å²) in [6.45, 7) is 4.12. The van der Waals surface area contributed by atoms with Crippen molar-refractivity contribution >= 4 is 11.8 Å². The molecule has 7 heteroatoms. The van der Waals surface area contributed by atoms with Crippen LogP contribution in [0.25, 0.3) is 11.5 Å². The highest BCUT2D eigenvalue weighted by atomic mass is 16.5. The number of carbonyl (C=O) groups is 2. The summed E-state index contributed by atoms with van der Waals surface area (Å²) in [5.41, 5.74) is 3.02. The van der Waals surface area contributed by atoms with Gasteiger partial charge in [0, 0.05) is 25.2 Å². The molecule has 0 radical (unpaired) electrons. The molecule has 1 N–H and O–H groups in total. The van der Waals surface area contributed by atoms with Gasteiger partial charge < -0.3 is 19.4 Å². The van der Waals surface area contributed by atoms with E-state index in [0.717, 1.165) is 48.4 Å². The first-order valence-electron chi connectivity index (χ1n) is 11.3. The fourth-order valence-electron chi connectivity index (χ4n) is 4.00. The largest absolute Gasteiger partial charge is 0.497 e. The van der Waals surface area contributed by atoms with Crippen molar-refractivity contribution in [2.45, 2.75) is 32.7 Å². The predicted octanol–water partition coefficient (Wildman–Crippen LogP) is 4.08. The number of nitrogens with zero attached hydrogens (tertiary/aromatic N) is 2. The van der Waals surface area contributed by atoms with Gasteiger partial charge in [-0.15, -0.1) is 0 Å². The molecule has 3 aromatic rings. The number of oxazole rings is 1. The molecular weight excluding hydrogens is 418 g/mol. The average molecular weight is 448 g/mol. The van der Waals surface area contributed by atoms with E-state index in [1.54, 1.807) is 7.11 Å². The molecule has 1 aliphatic heterocycles. The minimum absolute atomic E-state index is 0.0490. The maximum Gasteiger partial charge on any atom is 0.275 e. The number of piperidine rings is 1. The molecule has 1 atom stereocenters. The number of rotatable bonds is 7. The molecule has 172 valence electrons. The molecule has 0 spiro atoms. The van der Waals surface area contributed by atoms with Crippen molar-refractivity contribution in [3.8, 4) is 17.2 Å². The van der Waals surface area contributed by atoms with E-state index in [1.165, 1.54) is 6.26 Å². The summed E-state index contributed by atoms with van der Waals surface area (Å²) in [5, 5.41) is 2.93. The standard InChI is InChI=1S/C26H29N3O4/c1-18-4-3-13-29(16-18)26(31)23-17-33-25(28-23)21-9-5-20(6-10-21)15-27-24(30)14-19-7-11-22(32-2)12-8-19/h5-12,17-18H,3-4,13-16H2,1-2H3,(H,27,30). The van der Waals surface area contributed by atoms with Crippen LogP contribution in [0, 0.1) is 5.92 Å². The number of amides is 2. The maximum atomic E-state index is 12.7. The van der Waals surface area contributed by atoms with Gasteiger partial charge in [0.2, 0.25) is 11.8 Å². The van der Waals surface area contributed by atoms with Gasteiger partial charge in [0.25, 0.3) is 5.91 Å². The Morgan fingerprint density at radius 2 is 1.85 bits per heavy atom. The minimum Gasteiger partial charge on any atom is -0.497 e. The Balaban J connectivity index is 1.31. The summed E-state index contributed by atoms with van der Waals surface area (Å²) in [4.78, 5) is 31.2. The Morgan fingerprint density at radius 3 is 2.55 bits per heavy atom. The van der Waals surface area contributed by atoms with Crippen LogP contribution in [0.5, 0.6) is 5.75 Å². The molecule has 1 saturated heterocycles. The molecule has 0 saturated carbocycles. The first-order chi connectivity index (χ1) is 16.0. The van der Waals surface area contributed by atoms with E-state index in [2.05, 4.69) is 17.2 Å². The molecule has 4 rings (SSSR count). The first kappa shape index (κ1) is 22.6. The Bertz CT molecular complexity index is 1090. The van der Waals surface area contributed by atoms with Crippen LogP contribution in [0.15, 0.2) is 59.2 Å². The Kier molecular flexibility index (Phi) is 7.07. The molecule has 1 aliphatic rings. The lowest BCUT2D eigenvalue weighted by Gasteiger charge is -2.30. The number of methoxy groups -OCH3 is 1. The number of aromatic nitrogens is 1. The summed E-state index contributed by atoms with van der Waals surface area (Å²) in [7, 11) is 1.61. The molecule has 1 unspecified atom stereocenters. The Morgan fingerprint density at radius 1 is 1.12 bits per heavy atom. The minimum atomic E-state index is -0.0762. The van der Waals surface area contributed by atoms with E-state index >= 15 is 0 Å². The molecule has 1 aromatic heterocycles. The van der Waals surface area contributed by atoms with Crippen LogP contribution in [0.3, 0.4) is 0 Å². The zero-order valence-corrected chi connectivity index (χ0v) is 19.0. The van der Waals surface area contributed by atoms with Crippen molar-refractivity contribution in [2.75, 3.05) is 20.2 Å². The van der Waals surface area contributed by atoms with Gasteiger partial charge in [-0.1, -0.05) is 31.2 Å². The zero-order chi connectivity index (χ0) is 23.2. The number of likely N-dealkylation sites (tertiary alicyclic amines) is 1. The van der Waals surface area contributed by atoms with Crippen LogP contribution >= 0.6 is 0 Å². The van der Waals surface area contributed by atoms with Crippen LogP contribution in [0.2, 0.25) is 0 Å². The molecule has 2 aromatic carbocycles. The van der Waals surface area contributed by atoms with Gasteiger partial charge in [-0.3, -0.25) is 9.59 Å². The van der Waals surface area contributed by atoms with E-state index in [9.17, 15) is 9.59 Å². The van der Waals surface area contributed by atoms with Crippen LogP contribution in [0.1, 0.15) is 41.4 Å². The zero-order valence-electron chi connectivity index (χ0n) is 19.0. The van der Waals surface area contributed by atoms with E-state index in [-0.39, 0.29) is 11.8 Å². The van der Waals surface area contributed by atoms with Gasteiger partial charge >= 0.3 is 0 Å². The number of hydrogen-bond acceptors (Lipinski definition) is 5. The van der Waals surface area contributed by atoms with E-state index in [4.69, 9.17) is 9.15 Å². The molecule has 2 amide bonds. The predicted molar refractivity (Wildman–Crippen MR) is 125 cm³/mol. The van der Waals surface area contributed by atoms with Crippen molar-refractivity contribution in [1.82, 2.24) is 15.2 Å². The van der Waals surface area contributed by atoms with Crippen molar-refractivity contribution in [3.05, 3.63) is 71.6 Å². The molecule has 7 nitrogen and oxygen atoms in total. The third-order valence-electron chi connectivity index (χ3n) is 5.88. The number of benzene rings is 2. The highest BCUT2D eigenvalue weighted by Gasteiger charge is 2.24. The summed E-state index contributed by atoms with van der Waals surface area (Å²) < 4.78 is 10.7. The highest BCUT2D eigenvalue weighted by molar-refractivity contribution is 5.92. The fourth-order valence-corrected chi connectivity index (χ4v) is 4.00. The summed E-state index contributed by atoms with van der Waals surface area (Å²) in [6, 6.07) is 15.1. The highest BCUT2D eigenvalue weighted by Crippen LogP contribution is 2.22. The summed E-state index contributed by atoms with van der Waals surface area (Å²) in [5.74, 6) is 1.57. The van der Waals surface area contributed by atoms with Gasteiger partial charge in [-0.2, -0.15) is 0 Å². The second-order valence-corrected chi connectivity index (χ2v) is 8.53. The van der Waals surface area contributed by atoms with E-state index in [0.29, 0.717) is 30.5 Å². The second kappa shape index (κ2) is 10.3. The SMILES string of the molecule is COc1ccc(CC(=O)NCc2ccc(-c3nc(C(=O)N4CCCC(C)C4)co3)cc2)cc1. The molecular formula is C26H29N3O4. The lowest BCUT2D eigenvalue weighted by atomic mass is 10.0. The van der Waals surface area contributed by atoms with E-state index < -0.39 is 0 Å². The van der Waals surface area contributed by atoms with Crippen molar-refractivity contribution in [1.29, 1.82) is 0 Å². The van der Waals surface area contributed by atoms with Crippen molar-refractivity contribution in [3.63, 3.8) is 0 Å². The lowest BCUT2D eigenvalue weighted by molar-refractivity contribution is -0.120. The topological polar surface area (TPSA) is 84.7 Å². The monoisotopic (exact) mass is 447 g/mol. The average Bonchev–Trinajstić information content (AvgIpc) is 3.33. The smallest absolute Gasteiger partial charge is 0.275 e. The molecule has 33 heavy (non-hydrogen) atoms. The fraction of sp³-hybridized carbons (Fsp3) is 0.346. The third kappa shape index (κ3) is 5.80. The molecule has 1 fully saturated rings. The van der Waals surface area contributed by atoms with Gasteiger partial charge in [0.1, 0.15) is 12.0 Å². The first-order valence-corrected chi connectivity index (χ1v) is 11.3. The number of hydrogen-bond donors (Lipinski definition) is 1. The lowest BCUT2D eigenvalue weighted by Crippen LogP contribution is -2.39. The van der Waals surface area contributed by atoms with Gasteiger partial charge in [0.05, 0.1) is 13.5 Å². The molecule has 0 bridgehead atoms. The third-order valence-corrected chi connectivity index (χ3v) is 5.88. The normalized spacial score (nSPS) is 15.8. The van der Waals surface area contributed by atoms with Crippen LogP contribution in [0.4, 0.5) is 0 Å². The summed E-state index contributed by atoms with van der Waals surface area (Å²) >= 11 is 0. The van der Waals surface area contributed by atoms with Gasteiger partial charge in [-0.05, 0) is 54.2 Å². The second-order valence-electron chi connectivity index (χ2n) is 8.53. The van der Waals surface area contributed by atoms with Crippen molar-refractivity contribution in [2.24, 2.45) is 5.92 Å². The van der Waals surface area contributed by atoms with Crippen molar-refractivity contribution < 1.29 is 18.7 Å². The number of ether oxygens (including phenoxy) is 1. The van der Waals surface area contributed by atoms with Gasteiger partial charge in [0.15, 0.2) is 5.69 Å². The van der Waals surface area contributed by atoms with Crippen LogP contribution < -0.4 is 10.1 Å². The Labute approximate surface area is 193 Å². The van der Waals surface area contributed by atoms with Crippen LogP contribution in [-0.2, 0) is 17.8 Å². The maximum absolute atomic E-state index is 12.7. The van der Waals surface area contributed by atoms with E-state index in [1.807, 2.05) is 53.4 Å². The number of carbonyl (C=O) groups excluding carboxylic acids is 2. The number of nitrogens with one attached hydrogen (secondary N) is 1. The van der Waals surface area contributed by atoms with Crippen LogP contribution in [-0.4, -0.2) is 41.9 Å².